The Bertz CT molecular complexity index is 459. The van der Waals surface area contributed by atoms with E-state index in [0.29, 0.717) is 31.7 Å². The molecule has 0 bridgehead atoms. The van der Waals surface area contributed by atoms with Gasteiger partial charge in [0.25, 0.3) is 0 Å². The number of aliphatic hydroxyl groups excluding tert-OH is 2. The van der Waals surface area contributed by atoms with Crippen LogP contribution in [0.1, 0.15) is 12.8 Å². The third-order valence-corrected chi connectivity index (χ3v) is 3.72. The van der Waals surface area contributed by atoms with Gasteiger partial charge < -0.3 is 25.6 Å². The quantitative estimate of drug-likeness (QED) is 0.627. The molecule has 21 heavy (non-hydrogen) atoms. The largest absolute Gasteiger partial charge is 0.390 e. The van der Waals surface area contributed by atoms with Crippen LogP contribution in [0.3, 0.4) is 0 Å². The van der Waals surface area contributed by atoms with Crippen molar-refractivity contribution in [3.05, 3.63) is 24.5 Å². The van der Waals surface area contributed by atoms with Crippen LogP contribution >= 0.6 is 0 Å². The predicted molar refractivity (Wildman–Crippen MR) is 76.8 cm³/mol. The third kappa shape index (κ3) is 4.13. The van der Waals surface area contributed by atoms with E-state index in [0.717, 1.165) is 0 Å². The Morgan fingerprint density at radius 1 is 1.48 bits per heavy atom. The number of hydrogen-bond acceptors (Lipinski definition) is 5. The molecule has 0 aliphatic heterocycles. The van der Waals surface area contributed by atoms with Gasteiger partial charge in [-0.25, -0.2) is 4.79 Å². The lowest BCUT2D eigenvalue weighted by Crippen LogP contribution is -2.41. The number of carbonyl (C=O) groups is 1. The van der Waals surface area contributed by atoms with Crippen LogP contribution in [0.5, 0.6) is 0 Å². The van der Waals surface area contributed by atoms with Crippen LogP contribution in [-0.4, -0.2) is 53.7 Å². The van der Waals surface area contributed by atoms with Gasteiger partial charge in [0.15, 0.2) is 0 Å². The number of aromatic nitrogens is 1. The number of rotatable bonds is 5. The minimum atomic E-state index is -0.775. The van der Waals surface area contributed by atoms with Gasteiger partial charge in [0.1, 0.15) is 0 Å². The third-order valence-electron chi connectivity index (χ3n) is 3.72. The average molecular weight is 295 g/mol. The van der Waals surface area contributed by atoms with Gasteiger partial charge in [-0.15, -0.1) is 0 Å². The summed E-state index contributed by atoms with van der Waals surface area (Å²) in [5.41, 5.74) is 0.155. The van der Waals surface area contributed by atoms with Gasteiger partial charge in [0.2, 0.25) is 0 Å². The standard InChI is InChI=1S/C14H21N3O4/c1-21-9-14(5-11(18)12(19)6-14)8-16-13(20)17-10-3-2-4-15-7-10/h2-4,7,11-12,18-19H,5-6,8-9H2,1H3,(H2,16,17,20). The first kappa shape index (κ1) is 15.7. The molecule has 0 saturated heterocycles. The Hall–Kier alpha value is -1.70. The van der Waals surface area contributed by atoms with Crippen molar-refractivity contribution in [3.8, 4) is 0 Å². The number of carbonyl (C=O) groups excluding carboxylic acids is 1. The van der Waals surface area contributed by atoms with Gasteiger partial charge in [-0.05, 0) is 25.0 Å². The Morgan fingerprint density at radius 2 is 2.19 bits per heavy atom. The highest BCUT2D eigenvalue weighted by molar-refractivity contribution is 5.88. The fourth-order valence-corrected chi connectivity index (χ4v) is 2.74. The van der Waals surface area contributed by atoms with E-state index in [1.54, 1.807) is 31.6 Å². The second kappa shape index (κ2) is 6.84. The molecule has 1 aliphatic rings. The first-order chi connectivity index (χ1) is 10.0. The van der Waals surface area contributed by atoms with E-state index in [1.807, 2.05) is 0 Å². The molecule has 1 aromatic rings. The van der Waals surface area contributed by atoms with Gasteiger partial charge in [-0.1, -0.05) is 0 Å². The van der Waals surface area contributed by atoms with Crippen molar-refractivity contribution < 1.29 is 19.7 Å². The van der Waals surface area contributed by atoms with E-state index in [2.05, 4.69) is 15.6 Å². The van der Waals surface area contributed by atoms with Crippen LogP contribution in [0, 0.1) is 5.41 Å². The SMILES string of the molecule is COCC1(CNC(=O)Nc2cccnc2)CC(O)C(O)C1. The smallest absolute Gasteiger partial charge is 0.319 e. The second-order valence-corrected chi connectivity index (χ2v) is 5.53. The first-order valence-electron chi connectivity index (χ1n) is 6.85. The highest BCUT2D eigenvalue weighted by Crippen LogP contribution is 2.38. The molecule has 1 aromatic heterocycles. The molecule has 2 atom stereocenters. The summed E-state index contributed by atoms with van der Waals surface area (Å²) >= 11 is 0. The molecule has 7 heteroatoms. The van der Waals surface area contributed by atoms with Crippen LogP contribution in [0.2, 0.25) is 0 Å². The number of aliphatic hydroxyl groups is 2. The number of ether oxygens (including phenoxy) is 1. The van der Waals surface area contributed by atoms with Crippen molar-refractivity contribution in [1.29, 1.82) is 0 Å². The topological polar surface area (TPSA) is 104 Å². The number of nitrogens with one attached hydrogen (secondary N) is 2. The number of hydrogen-bond donors (Lipinski definition) is 4. The summed E-state index contributed by atoms with van der Waals surface area (Å²) in [4.78, 5) is 15.8. The Labute approximate surface area is 123 Å². The zero-order valence-electron chi connectivity index (χ0n) is 12.0. The van der Waals surface area contributed by atoms with E-state index in [9.17, 15) is 15.0 Å². The van der Waals surface area contributed by atoms with Crippen LogP contribution in [-0.2, 0) is 4.74 Å². The monoisotopic (exact) mass is 295 g/mol. The average Bonchev–Trinajstić information content (AvgIpc) is 2.74. The van der Waals surface area contributed by atoms with Crippen molar-refractivity contribution in [2.24, 2.45) is 5.41 Å². The maximum atomic E-state index is 11.9. The van der Waals surface area contributed by atoms with E-state index in [-0.39, 0.29) is 6.03 Å². The number of amides is 2. The fourth-order valence-electron chi connectivity index (χ4n) is 2.74. The summed E-state index contributed by atoms with van der Waals surface area (Å²) in [6.45, 7) is 0.690. The molecule has 7 nitrogen and oxygen atoms in total. The van der Waals surface area contributed by atoms with Gasteiger partial charge in [-0.2, -0.15) is 0 Å². The van der Waals surface area contributed by atoms with E-state index < -0.39 is 17.6 Å². The number of nitrogens with zero attached hydrogens (tertiary/aromatic N) is 1. The molecule has 1 saturated carbocycles. The lowest BCUT2D eigenvalue weighted by Gasteiger charge is -2.28. The van der Waals surface area contributed by atoms with Crippen molar-refractivity contribution in [2.75, 3.05) is 25.6 Å². The summed E-state index contributed by atoms with van der Waals surface area (Å²) in [5.74, 6) is 0. The number of anilines is 1. The van der Waals surface area contributed by atoms with Crippen LogP contribution in [0.25, 0.3) is 0 Å². The van der Waals surface area contributed by atoms with E-state index in [1.165, 1.54) is 0 Å². The van der Waals surface area contributed by atoms with Crippen molar-refractivity contribution in [1.82, 2.24) is 10.3 Å². The molecule has 2 rings (SSSR count). The normalized spacial score (nSPS) is 28.3. The summed E-state index contributed by atoms with van der Waals surface area (Å²) < 4.78 is 5.17. The molecule has 4 N–H and O–H groups in total. The van der Waals surface area contributed by atoms with Crippen molar-refractivity contribution >= 4 is 11.7 Å². The molecular weight excluding hydrogens is 274 g/mol. The number of urea groups is 1. The molecule has 0 aromatic carbocycles. The first-order valence-corrected chi connectivity index (χ1v) is 6.85. The minimum Gasteiger partial charge on any atom is -0.390 e. The lowest BCUT2D eigenvalue weighted by molar-refractivity contribution is 0.0438. The van der Waals surface area contributed by atoms with Gasteiger partial charge in [0.05, 0.1) is 30.7 Å². The van der Waals surface area contributed by atoms with E-state index >= 15 is 0 Å². The molecule has 0 spiro atoms. The summed E-state index contributed by atoms with van der Waals surface area (Å²) in [6, 6.07) is 3.11. The summed E-state index contributed by atoms with van der Waals surface area (Å²) in [7, 11) is 1.56. The zero-order valence-corrected chi connectivity index (χ0v) is 12.0. The van der Waals surface area contributed by atoms with Crippen LogP contribution in [0.15, 0.2) is 24.5 Å². The summed E-state index contributed by atoms with van der Waals surface area (Å²) in [5, 5.41) is 24.9. The number of pyridine rings is 1. The molecule has 2 amide bonds. The van der Waals surface area contributed by atoms with Crippen LogP contribution in [0.4, 0.5) is 10.5 Å². The molecule has 0 radical (unpaired) electrons. The molecule has 1 aliphatic carbocycles. The minimum absolute atomic E-state index is 0.320. The zero-order chi connectivity index (χ0) is 15.3. The molecule has 116 valence electrons. The molecule has 1 heterocycles. The maximum absolute atomic E-state index is 11.9. The summed E-state index contributed by atoms with van der Waals surface area (Å²) in [6.07, 6.45) is 2.42. The van der Waals surface area contributed by atoms with Crippen LogP contribution < -0.4 is 10.6 Å². The lowest BCUT2D eigenvalue weighted by atomic mass is 9.87. The molecule has 2 unspecified atom stereocenters. The Kier molecular flexibility index (Phi) is 5.11. The Morgan fingerprint density at radius 3 is 2.76 bits per heavy atom. The predicted octanol–water partition coefficient (Wildman–Crippen LogP) is 0.351. The maximum Gasteiger partial charge on any atom is 0.319 e. The van der Waals surface area contributed by atoms with Gasteiger partial charge in [0, 0.05) is 25.3 Å². The Balaban J connectivity index is 1.89. The van der Waals surface area contributed by atoms with Gasteiger partial charge >= 0.3 is 6.03 Å². The fraction of sp³-hybridized carbons (Fsp3) is 0.571. The van der Waals surface area contributed by atoms with Gasteiger partial charge in [-0.3, -0.25) is 4.98 Å². The molecule has 1 fully saturated rings. The molecular formula is C14H21N3O4. The van der Waals surface area contributed by atoms with Crippen molar-refractivity contribution in [3.63, 3.8) is 0 Å². The van der Waals surface area contributed by atoms with Crippen molar-refractivity contribution in [2.45, 2.75) is 25.0 Å². The van der Waals surface area contributed by atoms with E-state index in [4.69, 9.17) is 4.74 Å². The second-order valence-electron chi connectivity index (χ2n) is 5.53. The number of methoxy groups -OCH3 is 1. The highest BCUT2D eigenvalue weighted by atomic mass is 16.5. The highest BCUT2D eigenvalue weighted by Gasteiger charge is 2.44.